The standard InChI is InChI=1S/C14H19N3O4/c18-8-2-4-11-3-1-7-17(11)14(21)16-10-5-6-12(13(19)20)15-9-10/h5-6,9,11,18H,1-4,7-8H2,(H,16,21)(H,19,20). The molecular weight excluding hydrogens is 274 g/mol. The van der Waals surface area contributed by atoms with Crippen LogP contribution in [-0.2, 0) is 0 Å². The van der Waals surface area contributed by atoms with Crippen LogP contribution in [0.2, 0.25) is 0 Å². The van der Waals surface area contributed by atoms with Crippen molar-refractivity contribution in [1.29, 1.82) is 0 Å². The SMILES string of the molecule is O=C(O)c1ccc(NC(=O)N2CCCC2CCCO)cn1. The molecule has 1 aliphatic heterocycles. The monoisotopic (exact) mass is 293 g/mol. The molecule has 1 aromatic heterocycles. The number of rotatable bonds is 5. The molecule has 0 spiro atoms. The van der Waals surface area contributed by atoms with Crippen molar-refractivity contribution in [1.82, 2.24) is 9.88 Å². The van der Waals surface area contributed by atoms with Crippen molar-refractivity contribution in [3.8, 4) is 0 Å². The molecule has 2 heterocycles. The Labute approximate surface area is 122 Å². The maximum atomic E-state index is 12.2. The number of aromatic carboxylic acids is 1. The molecule has 0 bridgehead atoms. The molecule has 1 atom stereocenters. The first-order valence-corrected chi connectivity index (χ1v) is 6.99. The predicted octanol–water partition coefficient (Wildman–Crippen LogP) is 1.55. The van der Waals surface area contributed by atoms with E-state index in [1.165, 1.54) is 18.3 Å². The van der Waals surface area contributed by atoms with E-state index in [1.807, 2.05) is 0 Å². The molecule has 7 heteroatoms. The van der Waals surface area contributed by atoms with E-state index in [2.05, 4.69) is 10.3 Å². The van der Waals surface area contributed by atoms with E-state index in [4.69, 9.17) is 10.2 Å². The van der Waals surface area contributed by atoms with Crippen LogP contribution in [0.25, 0.3) is 0 Å². The number of amides is 2. The Bertz CT molecular complexity index is 503. The number of hydrogen-bond donors (Lipinski definition) is 3. The highest BCUT2D eigenvalue weighted by Crippen LogP contribution is 2.22. The largest absolute Gasteiger partial charge is 0.477 e. The number of carboxylic acid groups (broad SMARTS) is 1. The van der Waals surface area contributed by atoms with Crippen LogP contribution in [0, 0.1) is 0 Å². The minimum atomic E-state index is -1.10. The number of nitrogens with one attached hydrogen (secondary N) is 1. The Morgan fingerprint density at radius 3 is 2.86 bits per heavy atom. The molecule has 1 fully saturated rings. The molecule has 1 aromatic rings. The summed E-state index contributed by atoms with van der Waals surface area (Å²) < 4.78 is 0. The zero-order valence-corrected chi connectivity index (χ0v) is 11.7. The van der Waals surface area contributed by atoms with Gasteiger partial charge in [0.2, 0.25) is 0 Å². The van der Waals surface area contributed by atoms with Crippen LogP contribution >= 0.6 is 0 Å². The minimum absolute atomic E-state index is 0.0602. The fourth-order valence-electron chi connectivity index (χ4n) is 2.52. The van der Waals surface area contributed by atoms with E-state index < -0.39 is 5.97 Å². The Balaban J connectivity index is 1.95. The average molecular weight is 293 g/mol. The minimum Gasteiger partial charge on any atom is -0.477 e. The van der Waals surface area contributed by atoms with Crippen LogP contribution in [0.1, 0.15) is 36.2 Å². The third kappa shape index (κ3) is 3.91. The molecule has 114 valence electrons. The Hall–Kier alpha value is -2.15. The number of likely N-dealkylation sites (tertiary alicyclic amines) is 1. The molecule has 1 aliphatic rings. The van der Waals surface area contributed by atoms with Crippen molar-refractivity contribution in [2.75, 3.05) is 18.5 Å². The van der Waals surface area contributed by atoms with Crippen molar-refractivity contribution < 1.29 is 19.8 Å². The number of carbonyl (C=O) groups excluding carboxylic acids is 1. The third-order valence-electron chi connectivity index (χ3n) is 3.57. The number of carbonyl (C=O) groups is 2. The number of hydrogen-bond acceptors (Lipinski definition) is 4. The third-order valence-corrected chi connectivity index (χ3v) is 3.57. The normalized spacial score (nSPS) is 17.8. The summed E-state index contributed by atoms with van der Waals surface area (Å²) in [5.41, 5.74) is 0.410. The Morgan fingerprint density at radius 1 is 1.43 bits per heavy atom. The molecule has 1 unspecified atom stereocenters. The smallest absolute Gasteiger partial charge is 0.354 e. The van der Waals surface area contributed by atoms with Gasteiger partial charge in [0.05, 0.1) is 11.9 Å². The molecule has 0 radical (unpaired) electrons. The molecule has 7 nitrogen and oxygen atoms in total. The number of aliphatic hydroxyl groups is 1. The van der Waals surface area contributed by atoms with E-state index in [0.717, 1.165) is 19.3 Å². The molecule has 21 heavy (non-hydrogen) atoms. The number of urea groups is 1. The molecule has 2 amide bonds. The van der Waals surface area contributed by atoms with Crippen molar-refractivity contribution >= 4 is 17.7 Å². The number of aromatic nitrogens is 1. The lowest BCUT2D eigenvalue weighted by Crippen LogP contribution is -2.38. The highest BCUT2D eigenvalue weighted by Gasteiger charge is 2.28. The van der Waals surface area contributed by atoms with Crippen LogP contribution in [0.3, 0.4) is 0 Å². The van der Waals surface area contributed by atoms with Gasteiger partial charge in [0, 0.05) is 19.2 Å². The van der Waals surface area contributed by atoms with Gasteiger partial charge in [-0.2, -0.15) is 0 Å². The maximum Gasteiger partial charge on any atom is 0.354 e. The summed E-state index contributed by atoms with van der Waals surface area (Å²) in [6, 6.07) is 2.82. The quantitative estimate of drug-likeness (QED) is 0.764. The lowest BCUT2D eigenvalue weighted by molar-refractivity contribution is 0.0690. The van der Waals surface area contributed by atoms with Gasteiger partial charge in [-0.25, -0.2) is 14.6 Å². The highest BCUT2D eigenvalue weighted by atomic mass is 16.4. The first-order valence-electron chi connectivity index (χ1n) is 6.99. The zero-order valence-electron chi connectivity index (χ0n) is 11.7. The van der Waals surface area contributed by atoms with Gasteiger partial charge < -0.3 is 20.4 Å². The molecular formula is C14H19N3O4. The summed E-state index contributed by atoms with van der Waals surface area (Å²) in [4.78, 5) is 28.4. The van der Waals surface area contributed by atoms with Gasteiger partial charge >= 0.3 is 12.0 Å². The second-order valence-electron chi connectivity index (χ2n) is 5.02. The van der Waals surface area contributed by atoms with Gasteiger partial charge in [-0.15, -0.1) is 0 Å². The summed E-state index contributed by atoms with van der Waals surface area (Å²) >= 11 is 0. The van der Waals surface area contributed by atoms with Gasteiger partial charge in [0.15, 0.2) is 0 Å². The van der Waals surface area contributed by atoms with E-state index in [1.54, 1.807) is 4.90 Å². The Morgan fingerprint density at radius 2 is 2.24 bits per heavy atom. The van der Waals surface area contributed by atoms with E-state index in [9.17, 15) is 9.59 Å². The van der Waals surface area contributed by atoms with Crippen molar-refractivity contribution in [3.05, 3.63) is 24.0 Å². The predicted molar refractivity (Wildman–Crippen MR) is 76.3 cm³/mol. The van der Waals surface area contributed by atoms with Gasteiger partial charge in [-0.05, 0) is 37.8 Å². The molecule has 1 saturated heterocycles. The number of pyridine rings is 1. The summed E-state index contributed by atoms with van der Waals surface area (Å²) in [5.74, 6) is -1.10. The number of carboxylic acids is 1. The molecule has 0 saturated carbocycles. The number of aliphatic hydroxyl groups excluding tert-OH is 1. The fourth-order valence-corrected chi connectivity index (χ4v) is 2.52. The van der Waals surface area contributed by atoms with E-state index in [-0.39, 0.29) is 24.4 Å². The van der Waals surface area contributed by atoms with Crippen LogP contribution in [-0.4, -0.2) is 51.3 Å². The van der Waals surface area contributed by atoms with Crippen LogP contribution in [0.5, 0.6) is 0 Å². The van der Waals surface area contributed by atoms with Crippen LogP contribution in [0.15, 0.2) is 18.3 Å². The maximum absolute atomic E-state index is 12.2. The number of nitrogens with zero attached hydrogens (tertiary/aromatic N) is 2. The topological polar surface area (TPSA) is 103 Å². The molecule has 2 rings (SSSR count). The first-order chi connectivity index (χ1) is 10.1. The lowest BCUT2D eigenvalue weighted by atomic mass is 10.1. The highest BCUT2D eigenvalue weighted by molar-refractivity contribution is 5.90. The zero-order chi connectivity index (χ0) is 15.2. The van der Waals surface area contributed by atoms with Crippen LogP contribution < -0.4 is 5.32 Å². The van der Waals surface area contributed by atoms with Crippen molar-refractivity contribution in [3.63, 3.8) is 0 Å². The van der Waals surface area contributed by atoms with Crippen molar-refractivity contribution in [2.45, 2.75) is 31.7 Å². The van der Waals surface area contributed by atoms with Crippen LogP contribution in [0.4, 0.5) is 10.5 Å². The average Bonchev–Trinajstić information content (AvgIpc) is 2.94. The van der Waals surface area contributed by atoms with E-state index in [0.29, 0.717) is 18.7 Å². The lowest BCUT2D eigenvalue weighted by Gasteiger charge is -2.24. The van der Waals surface area contributed by atoms with Gasteiger partial charge in [-0.1, -0.05) is 0 Å². The van der Waals surface area contributed by atoms with Gasteiger partial charge in [-0.3, -0.25) is 0 Å². The summed E-state index contributed by atoms with van der Waals surface area (Å²) in [7, 11) is 0. The molecule has 0 aliphatic carbocycles. The first kappa shape index (κ1) is 15.2. The second kappa shape index (κ2) is 7.03. The van der Waals surface area contributed by atoms with E-state index >= 15 is 0 Å². The number of anilines is 1. The van der Waals surface area contributed by atoms with Crippen molar-refractivity contribution in [2.24, 2.45) is 0 Å². The second-order valence-corrected chi connectivity index (χ2v) is 5.02. The summed E-state index contributed by atoms with van der Waals surface area (Å²) in [6.07, 6.45) is 4.72. The van der Waals surface area contributed by atoms with Gasteiger partial charge in [0.1, 0.15) is 5.69 Å². The summed E-state index contributed by atoms with van der Waals surface area (Å²) in [5, 5.41) is 20.4. The summed E-state index contributed by atoms with van der Waals surface area (Å²) in [6.45, 7) is 0.828. The van der Waals surface area contributed by atoms with Gasteiger partial charge in [0.25, 0.3) is 0 Å². The Kier molecular flexibility index (Phi) is 5.10. The molecule has 0 aromatic carbocycles. The molecule has 3 N–H and O–H groups in total. The fraction of sp³-hybridized carbons (Fsp3) is 0.500.